The number of nitrogens with one attached hydrogen (secondary N) is 1. The lowest BCUT2D eigenvalue weighted by molar-refractivity contribution is 0.686. The van der Waals surface area contributed by atoms with Gasteiger partial charge in [-0.25, -0.2) is 0 Å². The Bertz CT molecular complexity index is 298. The highest BCUT2D eigenvalue weighted by atomic mass is 32.2. The zero-order chi connectivity index (χ0) is 11.8. The zero-order valence-electron chi connectivity index (χ0n) is 10.2. The van der Waals surface area contributed by atoms with E-state index in [0.717, 1.165) is 18.1 Å². The first kappa shape index (κ1) is 13.2. The van der Waals surface area contributed by atoms with Crippen molar-refractivity contribution in [2.24, 2.45) is 7.05 Å². The first-order valence-corrected chi connectivity index (χ1v) is 7.15. The number of unbranched alkanes of at least 4 members (excludes halogenated alkanes) is 3. The molecule has 92 valence electrons. The van der Waals surface area contributed by atoms with Crippen molar-refractivity contribution in [2.75, 3.05) is 29.6 Å². The molecule has 0 spiro atoms. The predicted molar refractivity (Wildman–Crippen MR) is 73.0 cm³/mol. The molecule has 1 rings (SSSR count). The van der Waals surface area contributed by atoms with E-state index >= 15 is 0 Å². The molecule has 5 heteroatoms. The summed E-state index contributed by atoms with van der Waals surface area (Å²) >= 11 is 1.92. The Balaban J connectivity index is 2.05. The number of hydrogen-bond acceptors (Lipinski definition) is 4. The van der Waals surface area contributed by atoms with Gasteiger partial charge in [0.1, 0.15) is 0 Å². The number of nitrogens with zero attached hydrogens (tertiary/aromatic N) is 2. The molecule has 0 aliphatic heterocycles. The standard InChI is InChI=1S/C11H22N4S/c1-15-9-10(12)11(14-15)13-7-5-3-4-6-8-16-2/h9H,3-8,12H2,1-2H3,(H,13,14). The molecule has 0 aliphatic carbocycles. The molecule has 0 fully saturated rings. The first-order valence-electron chi connectivity index (χ1n) is 5.76. The molecule has 1 aromatic rings. The number of rotatable bonds is 8. The molecule has 4 nitrogen and oxygen atoms in total. The summed E-state index contributed by atoms with van der Waals surface area (Å²) in [4.78, 5) is 0. The molecule has 0 amide bonds. The molecule has 0 radical (unpaired) electrons. The van der Waals surface area contributed by atoms with Crippen molar-refractivity contribution >= 4 is 23.3 Å². The van der Waals surface area contributed by atoms with E-state index in [-0.39, 0.29) is 0 Å². The highest BCUT2D eigenvalue weighted by Gasteiger charge is 2.01. The average molecular weight is 242 g/mol. The van der Waals surface area contributed by atoms with Crippen molar-refractivity contribution < 1.29 is 0 Å². The van der Waals surface area contributed by atoms with Crippen LogP contribution >= 0.6 is 11.8 Å². The maximum Gasteiger partial charge on any atom is 0.171 e. The molecule has 3 N–H and O–H groups in total. The van der Waals surface area contributed by atoms with Crippen LogP contribution in [-0.2, 0) is 7.05 Å². The van der Waals surface area contributed by atoms with Gasteiger partial charge >= 0.3 is 0 Å². The van der Waals surface area contributed by atoms with Crippen LogP contribution in [0.25, 0.3) is 0 Å². The van der Waals surface area contributed by atoms with E-state index in [0.29, 0.717) is 0 Å². The molecule has 0 saturated heterocycles. The van der Waals surface area contributed by atoms with E-state index < -0.39 is 0 Å². The lowest BCUT2D eigenvalue weighted by atomic mass is 10.2. The minimum absolute atomic E-state index is 0.727. The molecule has 0 bridgehead atoms. The quantitative estimate of drug-likeness (QED) is 0.687. The number of aromatic nitrogens is 2. The second-order valence-corrected chi connectivity index (χ2v) is 4.93. The predicted octanol–water partition coefficient (Wildman–Crippen LogP) is 2.34. The Morgan fingerprint density at radius 2 is 2.12 bits per heavy atom. The van der Waals surface area contributed by atoms with Gasteiger partial charge in [-0.3, -0.25) is 4.68 Å². The number of thioether (sulfide) groups is 1. The van der Waals surface area contributed by atoms with E-state index in [1.54, 1.807) is 4.68 Å². The number of aryl methyl sites for hydroxylation is 1. The molecule has 0 aliphatic rings. The molecule has 1 heterocycles. The molecule has 0 unspecified atom stereocenters. The minimum Gasteiger partial charge on any atom is -0.394 e. The monoisotopic (exact) mass is 242 g/mol. The van der Waals surface area contributed by atoms with Crippen LogP contribution in [0.2, 0.25) is 0 Å². The van der Waals surface area contributed by atoms with Crippen LogP contribution in [0.3, 0.4) is 0 Å². The van der Waals surface area contributed by atoms with Crippen molar-refractivity contribution in [1.82, 2.24) is 9.78 Å². The van der Waals surface area contributed by atoms with Gasteiger partial charge in [-0.15, -0.1) is 0 Å². The van der Waals surface area contributed by atoms with Crippen LogP contribution < -0.4 is 11.1 Å². The summed E-state index contributed by atoms with van der Waals surface area (Å²) in [6.45, 7) is 0.959. The third-order valence-corrected chi connectivity index (χ3v) is 3.12. The Morgan fingerprint density at radius 3 is 2.75 bits per heavy atom. The lowest BCUT2D eigenvalue weighted by Crippen LogP contribution is -2.04. The smallest absolute Gasteiger partial charge is 0.171 e. The van der Waals surface area contributed by atoms with Crippen molar-refractivity contribution in [3.63, 3.8) is 0 Å². The summed E-state index contributed by atoms with van der Waals surface area (Å²) < 4.78 is 1.73. The van der Waals surface area contributed by atoms with Gasteiger partial charge < -0.3 is 11.1 Å². The Kier molecular flexibility index (Phi) is 6.15. The van der Waals surface area contributed by atoms with E-state index in [1.165, 1.54) is 31.4 Å². The highest BCUT2D eigenvalue weighted by Crippen LogP contribution is 2.14. The fraction of sp³-hybridized carbons (Fsp3) is 0.727. The minimum atomic E-state index is 0.727. The van der Waals surface area contributed by atoms with Crippen LogP contribution in [0, 0.1) is 0 Å². The molecular formula is C11H22N4S. The van der Waals surface area contributed by atoms with Gasteiger partial charge in [-0.05, 0) is 24.9 Å². The highest BCUT2D eigenvalue weighted by molar-refractivity contribution is 7.98. The fourth-order valence-corrected chi connectivity index (χ4v) is 2.07. The maximum atomic E-state index is 5.77. The van der Waals surface area contributed by atoms with Gasteiger partial charge in [0, 0.05) is 19.8 Å². The van der Waals surface area contributed by atoms with Gasteiger partial charge in [-0.2, -0.15) is 16.9 Å². The average Bonchev–Trinajstić information content (AvgIpc) is 2.56. The number of nitrogen functional groups attached to an aromatic ring is 1. The Hall–Kier alpha value is -0.840. The molecule has 0 saturated carbocycles. The van der Waals surface area contributed by atoms with Crippen LogP contribution in [0.5, 0.6) is 0 Å². The maximum absolute atomic E-state index is 5.77. The molecule has 0 aromatic carbocycles. The second-order valence-electron chi connectivity index (χ2n) is 3.94. The van der Waals surface area contributed by atoms with Gasteiger partial charge in [0.2, 0.25) is 0 Å². The fourth-order valence-electron chi connectivity index (χ4n) is 1.58. The van der Waals surface area contributed by atoms with Crippen molar-refractivity contribution in [2.45, 2.75) is 25.7 Å². The van der Waals surface area contributed by atoms with Crippen molar-refractivity contribution in [3.8, 4) is 0 Å². The number of anilines is 2. The van der Waals surface area contributed by atoms with Crippen molar-refractivity contribution in [3.05, 3.63) is 6.20 Å². The van der Waals surface area contributed by atoms with Crippen LogP contribution in [-0.4, -0.2) is 28.3 Å². The van der Waals surface area contributed by atoms with Gasteiger partial charge in [0.15, 0.2) is 5.82 Å². The third-order valence-electron chi connectivity index (χ3n) is 2.42. The topological polar surface area (TPSA) is 55.9 Å². The van der Waals surface area contributed by atoms with Crippen LogP contribution in [0.1, 0.15) is 25.7 Å². The second kappa shape index (κ2) is 7.44. The molecular weight excluding hydrogens is 220 g/mol. The third kappa shape index (κ3) is 4.79. The molecule has 1 aromatic heterocycles. The SMILES string of the molecule is CSCCCCCCNc1nn(C)cc1N. The van der Waals surface area contributed by atoms with Gasteiger partial charge in [-0.1, -0.05) is 12.8 Å². The van der Waals surface area contributed by atoms with E-state index in [9.17, 15) is 0 Å². The first-order chi connectivity index (χ1) is 7.74. The summed E-state index contributed by atoms with van der Waals surface area (Å²) in [5.41, 5.74) is 6.50. The summed E-state index contributed by atoms with van der Waals surface area (Å²) in [6.07, 6.45) is 9.09. The summed E-state index contributed by atoms with van der Waals surface area (Å²) in [5, 5.41) is 7.50. The van der Waals surface area contributed by atoms with Crippen LogP contribution in [0.4, 0.5) is 11.5 Å². The molecule has 16 heavy (non-hydrogen) atoms. The largest absolute Gasteiger partial charge is 0.394 e. The summed E-state index contributed by atoms with van der Waals surface area (Å²) in [6, 6.07) is 0. The Labute approximate surface area is 102 Å². The van der Waals surface area contributed by atoms with Crippen molar-refractivity contribution in [1.29, 1.82) is 0 Å². The molecule has 0 atom stereocenters. The van der Waals surface area contributed by atoms with E-state index in [1.807, 2.05) is 25.0 Å². The van der Waals surface area contributed by atoms with Gasteiger partial charge in [0.25, 0.3) is 0 Å². The summed E-state index contributed by atoms with van der Waals surface area (Å²) in [7, 11) is 1.88. The Morgan fingerprint density at radius 1 is 1.38 bits per heavy atom. The van der Waals surface area contributed by atoms with Gasteiger partial charge in [0.05, 0.1) is 5.69 Å². The normalized spacial score (nSPS) is 10.6. The zero-order valence-corrected chi connectivity index (χ0v) is 11.0. The van der Waals surface area contributed by atoms with Crippen LogP contribution in [0.15, 0.2) is 6.20 Å². The number of nitrogens with two attached hydrogens (primary N) is 1. The lowest BCUT2D eigenvalue weighted by Gasteiger charge is -2.03. The summed E-state index contributed by atoms with van der Waals surface area (Å²) in [5.74, 6) is 2.09. The number of hydrogen-bond donors (Lipinski definition) is 2. The van der Waals surface area contributed by atoms with E-state index in [4.69, 9.17) is 5.73 Å². The van der Waals surface area contributed by atoms with E-state index in [2.05, 4.69) is 16.7 Å².